The number of nitrogens with zero attached hydrogens (tertiary/aromatic N) is 4. The fourth-order valence-electron chi connectivity index (χ4n) is 1.69. The van der Waals surface area contributed by atoms with E-state index in [9.17, 15) is 4.79 Å². The van der Waals surface area contributed by atoms with Gasteiger partial charge in [-0.25, -0.2) is 15.0 Å². The van der Waals surface area contributed by atoms with Gasteiger partial charge in [0.1, 0.15) is 6.33 Å². The molecular weight excluding hydrogens is 254 g/mol. The van der Waals surface area contributed by atoms with Crippen LogP contribution in [0.3, 0.4) is 0 Å². The predicted molar refractivity (Wildman–Crippen MR) is 78.0 cm³/mol. The first-order chi connectivity index (χ1) is 9.67. The van der Waals surface area contributed by atoms with Crippen LogP contribution in [0.4, 0.5) is 5.82 Å². The van der Waals surface area contributed by atoms with Gasteiger partial charge in [-0.05, 0) is 13.0 Å². The van der Waals surface area contributed by atoms with Gasteiger partial charge >= 0.3 is 0 Å². The van der Waals surface area contributed by atoms with E-state index in [4.69, 9.17) is 0 Å². The second-order valence-electron chi connectivity index (χ2n) is 4.04. The summed E-state index contributed by atoms with van der Waals surface area (Å²) >= 11 is 0. The van der Waals surface area contributed by atoms with Crippen molar-refractivity contribution in [3.05, 3.63) is 49.1 Å². The van der Waals surface area contributed by atoms with Crippen molar-refractivity contribution in [3.63, 3.8) is 0 Å². The summed E-state index contributed by atoms with van der Waals surface area (Å²) in [7, 11) is 1.83. The number of nitrogens with one attached hydrogen (secondary N) is 1. The number of fused-ring (bicyclic) bond motifs is 1. The summed E-state index contributed by atoms with van der Waals surface area (Å²) in [5.74, 6) is 0.142. The maximum Gasteiger partial charge on any atom is 0.256 e. The van der Waals surface area contributed by atoms with Crippen molar-refractivity contribution in [2.45, 2.75) is 6.92 Å². The minimum atomic E-state index is -0.253. The van der Waals surface area contributed by atoms with Crippen molar-refractivity contribution in [2.24, 2.45) is 7.05 Å². The van der Waals surface area contributed by atoms with Crippen molar-refractivity contribution in [2.75, 3.05) is 5.32 Å². The third-order valence-corrected chi connectivity index (χ3v) is 2.71. The van der Waals surface area contributed by atoms with Crippen LogP contribution in [0.5, 0.6) is 0 Å². The lowest BCUT2D eigenvalue weighted by atomic mass is 10.2. The van der Waals surface area contributed by atoms with Crippen molar-refractivity contribution in [1.29, 1.82) is 0 Å². The number of hydrogen-bond donors (Lipinski definition) is 1. The summed E-state index contributed by atoms with van der Waals surface area (Å²) in [6.45, 7) is 5.37. The second kappa shape index (κ2) is 5.92. The molecule has 1 amide bonds. The Morgan fingerprint density at radius 3 is 2.90 bits per heavy atom. The molecule has 2 heterocycles. The Kier molecular flexibility index (Phi) is 4.05. The number of anilines is 1. The fourth-order valence-corrected chi connectivity index (χ4v) is 1.69. The van der Waals surface area contributed by atoms with E-state index in [2.05, 4.69) is 26.8 Å². The maximum atomic E-state index is 12.1. The molecule has 0 bridgehead atoms. The summed E-state index contributed by atoms with van der Waals surface area (Å²) in [6, 6.07) is 0. The van der Waals surface area contributed by atoms with Crippen molar-refractivity contribution in [3.8, 4) is 0 Å². The van der Waals surface area contributed by atoms with Crippen LogP contribution in [0, 0.1) is 0 Å². The van der Waals surface area contributed by atoms with Crippen molar-refractivity contribution >= 4 is 22.9 Å². The highest BCUT2D eigenvalue weighted by molar-refractivity contribution is 6.07. The molecule has 1 N–H and O–H groups in total. The first kappa shape index (κ1) is 13.7. The number of carbonyl (C=O) groups is 1. The zero-order valence-electron chi connectivity index (χ0n) is 11.4. The second-order valence-corrected chi connectivity index (χ2v) is 4.04. The van der Waals surface area contributed by atoms with E-state index < -0.39 is 0 Å². The molecular formula is C14H15N5O. The van der Waals surface area contributed by atoms with Crippen LogP contribution in [0.2, 0.25) is 0 Å². The Balaban J connectivity index is 2.30. The first-order valence-corrected chi connectivity index (χ1v) is 6.06. The smallest absolute Gasteiger partial charge is 0.256 e. The van der Waals surface area contributed by atoms with Gasteiger partial charge in [0.15, 0.2) is 17.0 Å². The van der Waals surface area contributed by atoms with E-state index in [1.54, 1.807) is 42.1 Å². The zero-order valence-corrected chi connectivity index (χ0v) is 11.4. The molecule has 20 heavy (non-hydrogen) atoms. The van der Waals surface area contributed by atoms with Gasteiger partial charge in [0.2, 0.25) is 0 Å². The minimum absolute atomic E-state index is 0.253. The lowest BCUT2D eigenvalue weighted by molar-refractivity contribution is -0.112. The summed E-state index contributed by atoms with van der Waals surface area (Å²) in [5, 5.41) is 2.74. The molecule has 0 unspecified atom stereocenters. The third-order valence-electron chi connectivity index (χ3n) is 2.71. The Bertz CT molecular complexity index is 711. The molecule has 2 rings (SSSR count). The molecule has 102 valence electrons. The van der Waals surface area contributed by atoms with E-state index in [0.29, 0.717) is 22.6 Å². The summed E-state index contributed by atoms with van der Waals surface area (Å²) in [5.41, 5.74) is 1.75. The van der Waals surface area contributed by atoms with Crippen molar-refractivity contribution in [1.82, 2.24) is 19.5 Å². The lowest BCUT2D eigenvalue weighted by Gasteiger charge is -2.05. The van der Waals surface area contributed by atoms with Crippen LogP contribution in [0.25, 0.3) is 11.2 Å². The normalized spacial score (nSPS) is 12.0. The maximum absolute atomic E-state index is 12.1. The Hall–Kier alpha value is -2.76. The van der Waals surface area contributed by atoms with Crippen molar-refractivity contribution < 1.29 is 4.79 Å². The molecule has 2 aromatic heterocycles. The number of aromatic nitrogens is 4. The topological polar surface area (TPSA) is 72.7 Å². The monoisotopic (exact) mass is 269 g/mol. The summed E-state index contributed by atoms with van der Waals surface area (Å²) in [6.07, 6.45) is 9.73. The van der Waals surface area contributed by atoms with Gasteiger partial charge < -0.3 is 9.88 Å². The number of amides is 1. The first-order valence-electron chi connectivity index (χ1n) is 6.06. The zero-order chi connectivity index (χ0) is 14.5. The molecule has 0 aliphatic heterocycles. The lowest BCUT2D eigenvalue weighted by Crippen LogP contribution is -2.14. The van der Waals surface area contributed by atoms with E-state index in [1.807, 2.05) is 7.05 Å². The average Bonchev–Trinajstić information content (AvgIpc) is 2.83. The Morgan fingerprint density at radius 2 is 2.20 bits per heavy atom. The number of hydrogen-bond acceptors (Lipinski definition) is 4. The Morgan fingerprint density at radius 1 is 1.40 bits per heavy atom. The highest BCUT2D eigenvalue weighted by atomic mass is 16.1. The van der Waals surface area contributed by atoms with Crippen LogP contribution in [0.1, 0.15) is 6.92 Å². The van der Waals surface area contributed by atoms with E-state index in [1.165, 1.54) is 6.33 Å². The molecule has 0 saturated carbocycles. The molecule has 0 saturated heterocycles. The average molecular weight is 269 g/mol. The number of rotatable bonds is 4. The SMILES string of the molecule is C=C/C=C\C(=C/C)C(=O)Nc1ncnc2c1ncn2C. The van der Waals surface area contributed by atoms with Crippen LogP contribution >= 0.6 is 0 Å². The van der Waals surface area contributed by atoms with Crippen LogP contribution in [-0.4, -0.2) is 25.4 Å². The summed E-state index contributed by atoms with van der Waals surface area (Å²) < 4.78 is 1.76. The van der Waals surface area contributed by atoms with Crippen LogP contribution in [0.15, 0.2) is 49.1 Å². The summed E-state index contributed by atoms with van der Waals surface area (Å²) in [4.78, 5) is 24.5. The molecule has 6 nitrogen and oxygen atoms in total. The van der Waals surface area contributed by atoms with Gasteiger partial charge in [-0.1, -0.05) is 24.8 Å². The molecule has 0 fully saturated rings. The number of allylic oxidation sites excluding steroid dienone is 3. The van der Waals surface area contributed by atoms with Gasteiger partial charge in [0, 0.05) is 12.6 Å². The predicted octanol–water partition coefficient (Wildman–Crippen LogP) is 1.99. The number of imidazole rings is 1. The van der Waals surface area contributed by atoms with Gasteiger partial charge in [-0.3, -0.25) is 4.79 Å². The fraction of sp³-hybridized carbons (Fsp3) is 0.143. The van der Waals surface area contributed by atoms with Crippen LogP contribution < -0.4 is 5.32 Å². The molecule has 6 heteroatoms. The molecule has 0 aliphatic carbocycles. The minimum Gasteiger partial charge on any atom is -0.318 e. The van der Waals surface area contributed by atoms with Gasteiger partial charge in [-0.15, -0.1) is 0 Å². The third kappa shape index (κ3) is 2.64. The number of aryl methyl sites for hydroxylation is 1. The van der Waals surface area contributed by atoms with Gasteiger partial charge in [-0.2, -0.15) is 0 Å². The molecule has 0 aliphatic rings. The highest BCUT2D eigenvalue weighted by Crippen LogP contribution is 2.17. The van der Waals surface area contributed by atoms with Gasteiger partial charge in [0.25, 0.3) is 5.91 Å². The molecule has 0 atom stereocenters. The van der Waals surface area contributed by atoms with Gasteiger partial charge in [0.05, 0.1) is 6.33 Å². The molecule has 0 radical (unpaired) electrons. The van der Waals surface area contributed by atoms with Crippen LogP contribution in [-0.2, 0) is 11.8 Å². The quantitative estimate of drug-likeness (QED) is 0.680. The molecule has 0 aromatic carbocycles. The standard InChI is InChI=1S/C14H15N5O/c1-4-6-7-10(5-2)14(20)18-12-11-13(16-8-15-12)19(3)9-17-11/h4-9H,1H2,2-3H3,(H,15,16,18,20)/b7-6-,10-5+. The highest BCUT2D eigenvalue weighted by Gasteiger charge is 2.12. The molecule has 2 aromatic rings. The number of carbonyl (C=O) groups excluding carboxylic acids is 1. The van der Waals surface area contributed by atoms with E-state index in [0.717, 1.165) is 0 Å². The Labute approximate surface area is 116 Å². The van der Waals surface area contributed by atoms with E-state index >= 15 is 0 Å². The largest absolute Gasteiger partial charge is 0.318 e. The molecule has 0 spiro atoms. The van der Waals surface area contributed by atoms with E-state index in [-0.39, 0.29) is 5.91 Å².